The molecule has 1 aromatic rings. The van der Waals surface area contributed by atoms with Gasteiger partial charge in [-0.2, -0.15) is 0 Å². The number of aromatic amines is 1. The third kappa shape index (κ3) is 4.01. The molecule has 0 spiro atoms. The summed E-state index contributed by atoms with van der Waals surface area (Å²) in [5, 5.41) is 28.1. The van der Waals surface area contributed by atoms with E-state index in [9.17, 15) is 19.8 Å². The standard InChI is InChI=1S/C9H12N2O6.2Na.2H/c12-3-4-6(14)7(15)8(17-4)11-2-1-5(13)10-9(11)16;;;;/h1-2,4,6-8,12,14-15H,3H2,(H,10,13,16);;;;/t4-,6?,7?,8-;;;;/m0..../s1. The van der Waals surface area contributed by atoms with Gasteiger partial charge in [-0.3, -0.25) is 14.3 Å². The second-order valence-electron chi connectivity index (χ2n) is 3.75. The van der Waals surface area contributed by atoms with E-state index in [1.807, 2.05) is 4.98 Å². The van der Waals surface area contributed by atoms with Crippen LogP contribution in [-0.4, -0.2) is 109 Å². The van der Waals surface area contributed by atoms with Crippen LogP contribution in [0.1, 0.15) is 6.23 Å². The van der Waals surface area contributed by atoms with Crippen LogP contribution in [-0.2, 0) is 4.74 Å². The summed E-state index contributed by atoms with van der Waals surface area (Å²) in [5.41, 5.74) is -1.33. The number of ether oxygens (including phenoxy) is 1. The van der Waals surface area contributed by atoms with Crippen LogP contribution in [0.25, 0.3) is 0 Å². The van der Waals surface area contributed by atoms with E-state index in [0.717, 1.165) is 16.8 Å². The Kier molecular flexibility index (Phi) is 8.30. The summed E-state index contributed by atoms with van der Waals surface area (Å²) < 4.78 is 6.08. The SMILES string of the molecule is O=c1ccn([C@H]2O[C@@H](CO)C(O)C2O)c(=O)[nH]1.[NaH].[NaH]. The number of aliphatic hydroxyl groups is 3. The summed E-state index contributed by atoms with van der Waals surface area (Å²) in [6, 6.07) is 1.09. The van der Waals surface area contributed by atoms with Crippen LogP contribution < -0.4 is 11.2 Å². The molecule has 0 aromatic carbocycles. The van der Waals surface area contributed by atoms with Gasteiger partial charge in [0, 0.05) is 12.3 Å². The summed E-state index contributed by atoms with van der Waals surface area (Å²) in [7, 11) is 0. The predicted molar refractivity (Wildman–Crippen MR) is 68.6 cm³/mol. The number of aliphatic hydroxyl groups excluding tert-OH is 3. The average molecular weight is 292 g/mol. The molecular weight excluding hydrogens is 278 g/mol. The molecule has 0 amide bonds. The van der Waals surface area contributed by atoms with E-state index in [-0.39, 0.29) is 59.1 Å². The molecule has 8 nitrogen and oxygen atoms in total. The molecule has 98 valence electrons. The number of hydrogen-bond acceptors (Lipinski definition) is 6. The number of hydrogen-bond donors (Lipinski definition) is 4. The fourth-order valence-electron chi connectivity index (χ4n) is 1.74. The zero-order valence-corrected chi connectivity index (χ0v) is 8.68. The van der Waals surface area contributed by atoms with E-state index in [2.05, 4.69) is 0 Å². The van der Waals surface area contributed by atoms with Crippen molar-refractivity contribution in [2.24, 2.45) is 0 Å². The maximum absolute atomic E-state index is 11.4. The number of nitrogens with one attached hydrogen (secondary N) is 1. The fraction of sp³-hybridized carbons (Fsp3) is 0.556. The van der Waals surface area contributed by atoms with Gasteiger partial charge in [-0.05, 0) is 0 Å². The van der Waals surface area contributed by atoms with Crippen LogP contribution >= 0.6 is 0 Å². The monoisotopic (exact) mass is 292 g/mol. The first-order valence-electron chi connectivity index (χ1n) is 4.98. The van der Waals surface area contributed by atoms with Crippen LogP contribution in [0, 0.1) is 0 Å². The molecular formula is C9H14N2Na2O6. The molecule has 10 heteroatoms. The van der Waals surface area contributed by atoms with Gasteiger partial charge in [-0.1, -0.05) is 0 Å². The van der Waals surface area contributed by atoms with E-state index in [0.29, 0.717) is 0 Å². The van der Waals surface area contributed by atoms with Crippen molar-refractivity contribution in [3.8, 4) is 0 Å². The second-order valence-corrected chi connectivity index (χ2v) is 3.75. The summed E-state index contributed by atoms with van der Waals surface area (Å²) in [5.74, 6) is 0. The molecule has 19 heavy (non-hydrogen) atoms. The van der Waals surface area contributed by atoms with Crippen molar-refractivity contribution < 1.29 is 20.1 Å². The third-order valence-electron chi connectivity index (χ3n) is 2.64. The Labute approximate surface area is 152 Å². The summed E-state index contributed by atoms with van der Waals surface area (Å²) in [4.78, 5) is 24.3. The number of rotatable bonds is 2. The first-order chi connectivity index (χ1) is 8.04. The van der Waals surface area contributed by atoms with E-state index < -0.39 is 42.4 Å². The Morgan fingerprint density at radius 2 is 1.89 bits per heavy atom. The van der Waals surface area contributed by atoms with Gasteiger partial charge < -0.3 is 20.1 Å². The Morgan fingerprint density at radius 3 is 2.37 bits per heavy atom. The van der Waals surface area contributed by atoms with Gasteiger partial charge in [0.05, 0.1) is 6.61 Å². The molecule has 0 aliphatic carbocycles. The van der Waals surface area contributed by atoms with Gasteiger partial charge in [0.25, 0.3) is 5.56 Å². The average Bonchev–Trinajstić information content (AvgIpc) is 2.57. The van der Waals surface area contributed by atoms with Gasteiger partial charge in [-0.25, -0.2) is 4.79 Å². The molecule has 2 unspecified atom stereocenters. The minimum atomic E-state index is -1.35. The molecule has 0 radical (unpaired) electrons. The number of H-pyrrole nitrogens is 1. The van der Waals surface area contributed by atoms with Crippen molar-refractivity contribution >= 4 is 59.1 Å². The fourth-order valence-corrected chi connectivity index (χ4v) is 1.74. The van der Waals surface area contributed by atoms with Crippen molar-refractivity contribution in [3.63, 3.8) is 0 Å². The molecule has 1 aromatic heterocycles. The molecule has 0 saturated carbocycles. The van der Waals surface area contributed by atoms with Crippen LogP contribution in [0.3, 0.4) is 0 Å². The molecule has 1 fully saturated rings. The third-order valence-corrected chi connectivity index (χ3v) is 2.64. The molecule has 1 saturated heterocycles. The zero-order valence-electron chi connectivity index (χ0n) is 8.68. The Hall–Kier alpha value is 0.520. The maximum atomic E-state index is 11.4. The molecule has 2 heterocycles. The quantitative estimate of drug-likeness (QED) is 0.410. The molecule has 4 N–H and O–H groups in total. The van der Waals surface area contributed by atoms with Crippen molar-refractivity contribution in [1.29, 1.82) is 0 Å². The first kappa shape index (κ1) is 19.5. The van der Waals surface area contributed by atoms with E-state index >= 15 is 0 Å². The molecule has 4 atom stereocenters. The van der Waals surface area contributed by atoms with Crippen LogP contribution in [0.4, 0.5) is 0 Å². The van der Waals surface area contributed by atoms with Crippen molar-refractivity contribution in [2.45, 2.75) is 24.5 Å². The molecule has 2 rings (SSSR count). The molecule has 1 aliphatic rings. The normalized spacial score (nSPS) is 29.4. The predicted octanol–water partition coefficient (Wildman–Crippen LogP) is -4.15. The summed E-state index contributed by atoms with van der Waals surface area (Å²) >= 11 is 0. The summed E-state index contributed by atoms with van der Waals surface area (Å²) in [6.07, 6.45) is -3.58. The van der Waals surface area contributed by atoms with E-state index in [1.165, 1.54) is 0 Å². The van der Waals surface area contributed by atoms with Gasteiger partial charge in [0.2, 0.25) is 0 Å². The van der Waals surface area contributed by atoms with Crippen molar-refractivity contribution in [3.05, 3.63) is 33.1 Å². The number of aromatic nitrogens is 2. The second kappa shape index (κ2) is 8.08. The van der Waals surface area contributed by atoms with Crippen LogP contribution in [0.5, 0.6) is 0 Å². The van der Waals surface area contributed by atoms with Crippen molar-refractivity contribution in [1.82, 2.24) is 9.55 Å². The molecule has 1 aliphatic heterocycles. The molecule has 0 bridgehead atoms. The Bertz CT molecular complexity index is 518. The van der Waals surface area contributed by atoms with E-state index in [1.54, 1.807) is 0 Å². The summed E-state index contributed by atoms with van der Waals surface area (Å²) in [6.45, 7) is -0.479. The van der Waals surface area contributed by atoms with Gasteiger partial charge >= 0.3 is 64.8 Å². The van der Waals surface area contributed by atoms with Gasteiger partial charge in [0.1, 0.15) is 18.3 Å². The zero-order chi connectivity index (χ0) is 12.6. The van der Waals surface area contributed by atoms with Crippen LogP contribution in [0.2, 0.25) is 0 Å². The van der Waals surface area contributed by atoms with Gasteiger partial charge in [0.15, 0.2) is 6.23 Å². The Morgan fingerprint density at radius 1 is 1.26 bits per heavy atom. The van der Waals surface area contributed by atoms with E-state index in [4.69, 9.17) is 9.84 Å². The van der Waals surface area contributed by atoms with Crippen molar-refractivity contribution in [2.75, 3.05) is 6.61 Å². The minimum absolute atomic E-state index is 0. The first-order valence-corrected chi connectivity index (χ1v) is 4.98. The number of nitrogens with zero attached hydrogens (tertiary/aromatic N) is 1. The Balaban J connectivity index is 0.00000162. The topological polar surface area (TPSA) is 125 Å². The van der Waals surface area contributed by atoms with Crippen LogP contribution in [0.15, 0.2) is 21.9 Å². The van der Waals surface area contributed by atoms with Gasteiger partial charge in [-0.15, -0.1) is 0 Å².